The van der Waals surface area contributed by atoms with Gasteiger partial charge in [0.05, 0.1) is 29.9 Å². The topological polar surface area (TPSA) is 96.3 Å². The second kappa shape index (κ2) is 8.66. The van der Waals surface area contributed by atoms with Gasteiger partial charge in [0, 0.05) is 18.3 Å². The van der Waals surface area contributed by atoms with E-state index >= 15 is 0 Å². The number of aryl methyl sites for hydroxylation is 2. The van der Waals surface area contributed by atoms with Crippen LogP contribution in [0.15, 0.2) is 48.5 Å². The lowest BCUT2D eigenvalue weighted by atomic mass is 10.00. The molecular formula is C23H27N5O3S. The predicted octanol–water partition coefficient (Wildman–Crippen LogP) is 3.25. The Labute approximate surface area is 188 Å². The van der Waals surface area contributed by atoms with Gasteiger partial charge < -0.3 is 10.2 Å². The van der Waals surface area contributed by atoms with Crippen LogP contribution in [0.25, 0.3) is 5.69 Å². The zero-order valence-corrected chi connectivity index (χ0v) is 19.2. The van der Waals surface area contributed by atoms with Crippen molar-refractivity contribution in [2.45, 2.75) is 26.7 Å². The van der Waals surface area contributed by atoms with E-state index in [2.05, 4.69) is 15.1 Å². The number of amides is 1. The monoisotopic (exact) mass is 453 g/mol. The SMILES string of the molecule is Cc1ccc(-n2nc(C)cc2NC(=O)CN2CCCc3c(NS(C)(=O)=O)cccc32)cc1. The van der Waals surface area contributed by atoms with E-state index in [4.69, 9.17) is 0 Å². The third-order valence-corrected chi connectivity index (χ3v) is 5.94. The van der Waals surface area contributed by atoms with Crippen molar-refractivity contribution in [3.8, 4) is 5.69 Å². The van der Waals surface area contributed by atoms with E-state index in [0.29, 0.717) is 11.5 Å². The second-order valence-corrected chi connectivity index (χ2v) is 9.92. The van der Waals surface area contributed by atoms with Crippen LogP contribution in [0.2, 0.25) is 0 Å². The van der Waals surface area contributed by atoms with Gasteiger partial charge in [0.1, 0.15) is 5.82 Å². The van der Waals surface area contributed by atoms with Crippen LogP contribution in [0.3, 0.4) is 0 Å². The molecule has 168 valence electrons. The Hall–Kier alpha value is -3.33. The molecule has 2 aromatic carbocycles. The first-order valence-corrected chi connectivity index (χ1v) is 12.4. The molecule has 0 atom stereocenters. The molecule has 0 radical (unpaired) electrons. The van der Waals surface area contributed by atoms with Crippen LogP contribution >= 0.6 is 0 Å². The maximum Gasteiger partial charge on any atom is 0.245 e. The zero-order valence-electron chi connectivity index (χ0n) is 18.4. The van der Waals surface area contributed by atoms with Crippen LogP contribution in [-0.4, -0.2) is 43.5 Å². The quantitative estimate of drug-likeness (QED) is 0.597. The van der Waals surface area contributed by atoms with E-state index < -0.39 is 10.0 Å². The molecule has 0 fully saturated rings. The maximum atomic E-state index is 12.9. The van der Waals surface area contributed by atoms with Gasteiger partial charge in [-0.05, 0) is 56.5 Å². The lowest BCUT2D eigenvalue weighted by Crippen LogP contribution is -2.37. The van der Waals surface area contributed by atoms with E-state index in [1.54, 1.807) is 16.8 Å². The molecule has 0 spiro atoms. The lowest BCUT2D eigenvalue weighted by molar-refractivity contribution is -0.115. The fraction of sp³-hybridized carbons (Fsp3) is 0.304. The van der Waals surface area contributed by atoms with Gasteiger partial charge in [-0.25, -0.2) is 13.1 Å². The summed E-state index contributed by atoms with van der Waals surface area (Å²) in [5.74, 6) is 0.452. The molecule has 9 heteroatoms. The summed E-state index contributed by atoms with van der Waals surface area (Å²) in [6.45, 7) is 4.79. The summed E-state index contributed by atoms with van der Waals surface area (Å²) in [6, 6.07) is 15.3. The lowest BCUT2D eigenvalue weighted by Gasteiger charge is -2.32. The van der Waals surface area contributed by atoms with Crippen LogP contribution in [0.1, 0.15) is 23.2 Å². The van der Waals surface area contributed by atoms with E-state index in [0.717, 1.165) is 53.8 Å². The minimum absolute atomic E-state index is 0.160. The van der Waals surface area contributed by atoms with Crippen molar-refractivity contribution in [1.82, 2.24) is 9.78 Å². The smallest absolute Gasteiger partial charge is 0.245 e. The molecule has 2 N–H and O–H groups in total. The van der Waals surface area contributed by atoms with Gasteiger partial charge in [-0.3, -0.25) is 9.52 Å². The molecule has 2 heterocycles. The predicted molar refractivity (Wildman–Crippen MR) is 127 cm³/mol. The summed E-state index contributed by atoms with van der Waals surface area (Å²) < 4.78 is 27.8. The summed E-state index contributed by atoms with van der Waals surface area (Å²) in [5.41, 5.74) is 5.19. The fourth-order valence-electron chi connectivity index (χ4n) is 3.99. The minimum atomic E-state index is -3.38. The molecule has 8 nitrogen and oxygen atoms in total. The number of carbonyl (C=O) groups excluding carboxylic acids is 1. The van der Waals surface area contributed by atoms with Gasteiger partial charge >= 0.3 is 0 Å². The van der Waals surface area contributed by atoms with Crippen molar-refractivity contribution >= 4 is 33.1 Å². The van der Waals surface area contributed by atoms with E-state index in [9.17, 15) is 13.2 Å². The summed E-state index contributed by atoms with van der Waals surface area (Å²) >= 11 is 0. The Morgan fingerprint density at radius 3 is 2.59 bits per heavy atom. The Morgan fingerprint density at radius 2 is 1.88 bits per heavy atom. The van der Waals surface area contributed by atoms with Gasteiger partial charge in [0.25, 0.3) is 0 Å². The Bertz CT molecular complexity index is 1250. The van der Waals surface area contributed by atoms with E-state index in [-0.39, 0.29) is 12.5 Å². The van der Waals surface area contributed by atoms with Crippen LogP contribution in [-0.2, 0) is 21.2 Å². The van der Waals surface area contributed by atoms with Crippen molar-refractivity contribution in [2.75, 3.05) is 34.3 Å². The number of rotatable bonds is 6. The highest BCUT2D eigenvalue weighted by atomic mass is 32.2. The molecule has 32 heavy (non-hydrogen) atoms. The molecule has 1 aromatic heterocycles. The largest absolute Gasteiger partial charge is 0.362 e. The summed E-state index contributed by atoms with van der Waals surface area (Å²) in [7, 11) is -3.38. The molecule has 3 aromatic rings. The second-order valence-electron chi connectivity index (χ2n) is 8.17. The average molecular weight is 454 g/mol. The fourth-order valence-corrected chi connectivity index (χ4v) is 4.58. The zero-order chi connectivity index (χ0) is 22.9. The van der Waals surface area contributed by atoms with Gasteiger partial charge in [-0.2, -0.15) is 5.10 Å². The number of benzene rings is 2. The Balaban J connectivity index is 1.53. The van der Waals surface area contributed by atoms with Gasteiger partial charge in [-0.15, -0.1) is 0 Å². The van der Waals surface area contributed by atoms with Crippen molar-refractivity contribution in [3.05, 3.63) is 65.4 Å². The van der Waals surface area contributed by atoms with Crippen molar-refractivity contribution in [1.29, 1.82) is 0 Å². The van der Waals surface area contributed by atoms with E-state index in [1.165, 1.54) is 0 Å². The van der Waals surface area contributed by atoms with Crippen LogP contribution in [0, 0.1) is 13.8 Å². The highest BCUT2D eigenvalue weighted by Gasteiger charge is 2.23. The van der Waals surface area contributed by atoms with Crippen molar-refractivity contribution in [2.24, 2.45) is 0 Å². The number of fused-ring (bicyclic) bond motifs is 1. The highest BCUT2D eigenvalue weighted by Crippen LogP contribution is 2.33. The first-order chi connectivity index (χ1) is 15.2. The van der Waals surface area contributed by atoms with Gasteiger partial charge in [0.15, 0.2) is 0 Å². The van der Waals surface area contributed by atoms with Crippen molar-refractivity contribution < 1.29 is 13.2 Å². The molecule has 0 aliphatic carbocycles. The molecular weight excluding hydrogens is 426 g/mol. The number of hydrogen-bond acceptors (Lipinski definition) is 5. The van der Waals surface area contributed by atoms with Crippen LogP contribution in [0.4, 0.5) is 17.2 Å². The number of nitrogens with one attached hydrogen (secondary N) is 2. The van der Waals surface area contributed by atoms with Gasteiger partial charge in [0.2, 0.25) is 15.9 Å². The van der Waals surface area contributed by atoms with E-state index in [1.807, 2.05) is 55.1 Å². The molecule has 0 unspecified atom stereocenters. The molecule has 0 saturated heterocycles. The highest BCUT2D eigenvalue weighted by molar-refractivity contribution is 7.92. The number of hydrogen-bond donors (Lipinski definition) is 2. The average Bonchev–Trinajstić information content (AvgIpc) is 3.08. The molecule has 0 bridgehead atoms. The number of carbonyl (C=O) groups is 1. The minimum Gasteiger partial charge on any atom is -0.362 e. The first-order valence-electron chi connectivity index (χ1n) is 10.5. The third kappa shape index (κ3) is 4.94. The number of aromatic nitrogens is 2. The van der Waals surface area contributed by atoms with Gasteiger partial charge in [-0.1, -0.05) is 23.8 Å². The summed E-state index contributed by atoms with van der Waals surface area (Å²) in [5, 5.41) is 7.50. The molecule has 1 aliphatic rings. The summed E-state index contributed by atoms with van der Waals surface area (Å²) in [6.07, 6.45) is 2.73. The maximum absolute atomic E-state index is 12.9. The Morgan fingerprint density at radius 1 is 1.12 bits per heavy atom. The van der Waals surface area contributed by atoms with Crippen LogP contribution in [0.5, 0.6) is 0 Å². The third-order valence-electron chi connectivity index (χ3n) is 5.35. The first kappa shape index (κ1) is 21.9. The van der Waals surface area contributed by atoms with Crippen molar-refractivity contribution in [3.63, 3.8) is 0 Å². The molecule has 0 saturated carbocycles. The standard InChI is InChI=1S/C23H27N5O3S/c1-16-9-11-18(12-10-16)28-22(14-17(2)25-28)24-23(29)15-27-13-5-6-19-20(26-32(3,30)31)7-4-8-21(19)27/h4,7-12,14,26H,5-6,13,15H2,1-3H3,(H,24,29). The number of anilines is 3. The Kier molecular flexibility index (Phi) is 5.92. The number of sulfonamides is 1. The normalized spacial score (nSPS) is 13.5. The molecule has 4 rings (SSSR count). The van der Waals surface area contributed by atoms with Crippen LogP contribution < -0.4 is 14.9 Å². The molecule has 1 aliphatic heterocycles. The molecule has 1 amide bonds. The number of nitrogens with zero attached hydrogens (tertiary/aromatic N) is 3. The summed E-state index contributed by atoms with van der Waals surface area (Å²) in [4.78, 5) is 14.9.